The summed E-state index contributed by atoms with van der Waals surface area (Å²) in [7, 11) is 4.79. The Balaban J connectivity index is 1.74. The third kappa shape index (κ3) is 4.40. The molecule has 2 heterocycles. The lowest BCUT2D eigenvalue weighted by Gasteiger charge is -2.11. The number of benzene rings is 2. The van der Waals surface area contributed by atoms with Gasteiger partial charge in [0.15, 0.2) is 17.1 Å². The first-order valence-corrected chi connectivity index (χ1v) is 10.6. The van der Waals surface area contributed by atoms with Crippen LogP contribution in [0, 0.1) is 0 Å². The largest absolute Gasteiger partial charge is 0.493 e. The predicted molar refractivity (Wildman–Crippen MR) is 127 cm³/mol. The molecule has 0 aliphatic carbocycles. The van der Waals surface area contributed by atoms with E-state index in [4.69, 9.17) is 29.9 Å². The van der Waals surface area contributed by atoms with Gasteiger partial charge in [-0.3, -0.25) is 4.79 Å². The van der Waals surface area contributed by atoms with Crippen molar-refractivity contribution in [3.63, 3.8) is 0 Å². The first kappa shape index (κ1) is 22.3. The van der Waals surface area contributed by atoms with Crippen molar-refractivity contribution < 1.29 is 19.0 Å². The Morgan fingerprint density at radius 2 is 1.76 bits per heavy atom. The van der Waals surface area contributed by atoms with Crippen LogP contribution in [0.4, 0.5) is 5.82 Å². The summed E-state index contributed by atoms with van der Waals surface area (Å²) in [5.41, 5.74) is 10.3. The number of nitrogens with two attached hydrogens (primary N) is 1. The molecule has 3 N–H and O–H groups in total. The Morgan fingerprint density at radius 1 is 1.03 bits per heavy atom. The van der Waals surface area contributed by atoms with Gasteiger partial charge in [0, 0.05) is 20.2 Å². The molecular weight excluding hydrogens is 422 g/mol. The number of methoxy groups -OCH3 is 3. The van der Waals surface area contributed by atoms with Gasteiger partial charge in [0.05, 0.1) is 31.9 Å². The maximum absolute atomic E-state index is 13.0. The number of nitrogens with zero attached hydrogens (tertiary/aromatic N) is 3. The smallest absolute Gasteiger partial charge is 0.257 e. The Labute approximate surface area is 191 Å². The number of amides is 1. The van der Waals surface area contributed by atoms with E-state index in [0.717, 1.165) is 11.1 Å². The van der Waals surface area contributed by atoms with Gasteiger partial charge in [-0.05, 0) is 36.2 Å². The minimum Gasteiger partial charge on any atom is -0.493 e. The summed E-state index contributed by atoms with van der Waals surface area (Å²) in [5, 5.41) is 2.84. The second kappa shape index (κ2) is 9.74. The van der Waals surface area contributed by atoms with Crippen molar-refractivity contribution in [2.75, 3.05) is 40.2 Å². The van der Waals surface area contributed by atoms with E-state index < -0.39 is 0 Å². The highest BCUT2D eigenvalue weighted by molar-refractivity contribution is 6.10. The van der Waals surface area contributed by atoms with Crippen LogP contribution >= 0.6 is 0 Å². The summed E-state index contributed by atoms with van der Waals surface area (Å²) in [4.78, 5) is 22.5. The van der Waals surface area contributed by atoms with E-state index in [9.17, 15) is 4.79 Å². The Hall–Kier alpha value is -3.85. The fourth-order valence-corrected chi connectivity index (χ4v) is 3.80. The molecule has 0 aliphatic heterocycles. The number of fused-ring (bicyclic) bond motifs is 2. The first-order valence-electron chi connectivity index (χ1n) is 10.6. The number of nitrogen functional groups attached to an aromatic ring is 1. The minimum atomic E-state index is -0.302. The maximum Gasteiger partial charge on any atom is 0.257 e. The average molecular weight is 450 g/mol. The van der Waals surface area contributed by atoms with E-state index in [1.54, 1.807) is 21.3 Å². The summed E-state index contributed by atoms with van der Waals surface area (Å²) in [6.45, 7) is 1.28. The van der Waals surface area contributed by atoms with E-state index in [1.807, 2.05) is 47.0 Å². The van der Waals surface area contributed by atoms with Crippen LogP contribution in [0.1, 0.15) is 15.9 Å². The van der Waals surface area contributed by atoms with Crippen molar-refractivity contribution in [2.24, 2.45) is 0 Å². The molecule has 0 radical (unpaired) electrons. The highest BCUT2D eigenvalue weighted by Crippen LogP contribution is 2.30. The number of hydrogen-bond acceptors (Lipinski definition) is 7. The SMILES string of the molecule is COCCNC(=O)c1c(N)n(CCc2ccc(OC)c(OC)c2)c2nc3ccccc3nc12. The number of anilines is 1. The van der Waals surface area contributed by atoms with E-state index in [1.165, 1.54) is 0 Å². The van der Waals surface area contributed by atoms with Crippen LogP contribution in [0.25, 0.3) is 22.2 Å². The number of aryl methyl sites for hydroxylation is 2. The van der Waals surface area contributed by atoms with Crippen LogP contribution in [0.2, 0.25) is 0 Å². The van der Waals surface area contributed by atoms with Gasteiger partial charge in [-0.1, -0.05) is 18.2 Å². The molecule has 0 bridgehead atoms. The van der Waals surface area contributed by atoms with Gasteiger partial charge in [0.2, 0.25) is 0 Å². The zero-order valence-corrected chi connectivity index (χ0v) is 18.9. The van der Waals surface area contributed by atoms with Gasteiger partial charge >= 0.3 is 0 Å². The zero-order valence-electron chi connectivity index (χ0n) is 18.9. The van der Waals surface area contributed by atoms with Crippen molar-refractivity contribution in [2.45, 2.75) is 13.0 Å². The number of carbonyl (C=O) groups excluding carboxylic acids is 1. The molecular formula is C24H27N5O4. The highest BCUT2D eigenvalue weighted by Gasteiger charge is 2.23. The molecule has 4 aromatic rings. The minimum absolute atomic E-state index is 0.302. The number of aromatic nitrogens is 3. The molecule has 0 spiro atoms. The summed E-state index contributed by atoms with van der Waals surface area (Å²) >= 11 is 0. The molecule has 0 unspecified atom stereocenters. The monoisotopic (exact) mass is 449 g/mol. The molecule has 2 aromatic heterocycles. The van der Waals surface area contributed by atoms with Crippen molar-refractivity contribution in [3.05, 3.63) is 53.6 Å². The van der Waals surface area contributed by atoms with E-state index >= 15 is 0 Å². The van der Waals surface area contributed by atoms with Crippen LogP contribution in [0.3, 0.4) is 0 Å². The van der Waals surface area contributed by atoms with Gasteiger partial charge in [0.25, 0.3) is 5.91 Å². The normalized spacial score (nSPS) is 11.1. The Bertz CT molecular complexity index is 1300. The van der Waals surface area contributed by atoms with Crippen molar-refractivity contribution in [1.82, 2.24) is 19.9 Å². The molecule has 9 nitrogen and oxygen atoms in total. The summed E-state index contributed by atoms with van der Waals surface area (Å²) < 4.78 is 17.6. The van der Waals surface area contributed by atoms with Crippen molar-refractivity contribution in [1.29, 1.82) is 0 Å². The van der Waals surface area contributed by atoms with Gasteiger partial charge < -0.3 is 29.8 Å². The van der Waals surface area contributed by atoms with Gasteiger partial charge in [-0.2, -0.15) is 0 Å². The number of hydrogen-bond donors (Lipinski definition) is 2. The van der Waals surface area contributed by atoms with Crippen molar-refractivity contribution >= 4 is 33.9 Å². The molecule has 0 fully saturated rings. The van der Waals surface area contributed by atoms with Crippen LogP contribution in [-0.2, 0) is 17.7 Å². The van der Waals surface area contributed by atoms with Gasteiger partial charge in [-0.25, -0.2) is 9.97 Å². The van der Waals surface area contributed by atoms with E-state index in [-0.39, 0.29) is 5.91 Å². The number of nitrogens with one attached hydrogen (secondary N) is 1. The second-order valence-corrected chi connectivity index (χ2v) is 7.48. The molecule has 0 saturated heterocycles. The molecule has 0 saturated carbocycles. The second-order valence-electron chi connectivity index (χ2n) is 7.48. The molecule has 4 rings (SSSR count). The molecule has 0 aliphatic rings. The molecule has 33 heavy (non-hydrogen) atoms. The van der Waals surface area contributed by atoms with Crippen LogP contribution < -0.4 is 20.5 Å². The van der Waals surface area contributed by atoms with Crippen LogP contribution in [0.15, 0.2) is 42.5 Å². The number of para-hydroxylation sites is 2. The van der Waals surface area contributed by atoms with Gasteiger partial charge in [-0.15, -0.1) is 0 Å². The predicted octanol–water partition coefficient (Wildman–Crippen LogP) is 2.80. The fourth-order valence-electron chi connectivity index (χ4n) is 3.80. The summed E-state index contributed by atoms with van der Waals surface area (Å²) in [5.74, 6) is 1.35. The fraction of sp³-hybridized carbons (Fsp3) is 0.292. The molecule has 2 aromatic carbocycles. The zero-order chi connectivity index (χ0) is 23.4. The summed E-state index contributed by atoms with van der Waals surface area (Å²) in [6.07, 6.45) is 0.646. The van der Waals surface area contributed by atoms with E-state index in [2.05, 4.69) is 5.32 Å². The number of rotatable bonds is 9. The average Bonchev–Trinajstić information content (AvgIpc) is 3.11. The lowest BCUT2D eigenvalue weighted by atomic mass is 10.1. The number of ether oxygens (including phenoxy) is 3. The maximum atomic E-state index is 13.0. The third-order valence-electron chi connectivity index (χ3n) is 5.48. The molecule has 9 heteroatoms. The highest BCUT2D eigenvalue weighted by atomic mass is 16.5. The lowest BCUT2D eigenvalue weighted by Crippen LogP contribution is -2.27. The Morgan fingerprint density at radius 3 is 2.45 bits per heavy atom. The summed E-state index contributed by atoms with van der Waals surface area (Å²) in [6, 6.07) is 13.3. The lowest BCUT2D eigenvalue weighted by molar-refractivity contribution is 0.0939. The third-order valence-corrected chi connectivity index (χ3v) is 5.48. The van der Waals surface area contributed by atoms with Crippen LogP contribution in [0.5, 0.6) is 11.5 Å². The molecule has 172 valence electrons. The van der Waals surface area contributed by atoms with Crippen LogP contribution in [-0.4, -0.2) is 54.9 Å². The topological polar surface area (TPSA) is 114 Å². The van der Waals surface area contributed by atoms with Gasteiger partial charge in [0.1, 0.15) is 16.9 Å². The van der Waals surface area contributed by atoms with Crippen molar-refractivity contribution in [3.8, 4) is 11.5 Å². The van der Waals surface area contributed by atoms with E-state index in [0.29, 0.717) is 65.7 Å². The quantitative estimate of drug-likeness (QED) is 0.378. The first-order chi connectivity index (χ1) is 16.1. The Kier molecular flexibility index (Phi) is 6.60. The number of carbonyl (C=O) groups is 1. The standard InChI is InChI=1S/C24H27N5O4/c1-31-13-11-26-24(30)20-21-23(28-17-7-5-4-6-16(17)27-21)29(22(20)25)12-10-15-8-9-18(32-2)19(14-15)33-3/h4-9,14H,10-13,25H2,1-3H3,(H,26,30). The molecule has 0 atom stereocenters. The molecule has 1 amide bonds.